The number of ether oxygens (including phenoxy) is 1. The normalized spacial score (nSPS) is 18.7. The van der Waals surface area contributed by atoms with Crippen molar-refractivity contribution in [2.45, 2.75) is 13.0 Å². The summed E-state index contributed by atoms with van der Waals surface area (Å²) in [5.41, 5.74) is 0.753. The monoisotopic (exact) mass is 288 g/mol. The van der Waals surface area contributed by atoms with Crippen LogP contribution < -0.4 is 5.32 Å². The first-order chi connectivity index (χ1) is 10.1. The van der Waals surface area contributed by atoms with Gasteiger partial charge in [-0.15, -0.1) is 0 Å². The number of morpholine rings is 1. The zero-order chi connectivity index (χ0) is 14.8. The molecule has 3 heterocycles. The Balaban J connectivity index is 1.74. The molecular formula is C14H16N4O3. The van der Waals surface area contributed by atoms with Crippen LogP contribution in [0.25, 0.3) is 5.65 Å². The second kappa shape index (κ2) is 5.53. The van der Waals surface area contributed by atoms with E-state index < -0.39 is 6.10 Å². The Morgan fingerprint density at radius 2 is 2.29 bits per heavy atom. The van der Waals surface area contributed by atoms with Crippen LogP contribution in [0.15, 0.2) is 30.6 Å². The van der Waals surface area contributed by atoms with E-state index in [9.17, 15) is 9.59 Å². The molecule has 1 unspecified atom stereocenters. The molecule has 7 nitrogen and oxygen atoms in total. The highest BCUT2D eigenvalue weighted by Crippen LogP contribution is 2.13. The number of hydrogen-bond donors (Lipinski definition) is 1. The van der Waals surface area contributed by atoms with Gasteiger partial charge in [-0.25, -0.2) is 4.98 Å². The first-order valence-electron chi connectivity index (χ1n) is 6.75. The van der Waals surface area contributed by atoms with Crippen molar-refractivity contribution in [1.29, 1.82) is 0 Å². The van der Waals surface area contributed by atoms with Crippen LogP contribution in [0, 0.1) is 0 Å². The first kappa shape index (κ1) is 13.6. The zero-order valence-corrected chi connectivity index (χ0v) is 11.7. The van der Waals surface area contributed by atoms with Gasteiger partial charge in [-0.2, -0.15) is 0 Å². The minimum Gasteiger partial charge on any atom is -0.365 e. The minimum absolute atomic E-state index is 0.0483. The van der Waals surface area contributed by atoms with Crippen LogP contribution in [0.1, 0.15) is 6.92 Å². The van der Waals surface area contributed by atoms with Gasteiger partial charge in [-0.3, -0.25) is 14.0 Å². The summed E-state index contributed by atoms with van der Waals surface area (Å²) in [6, 6.07) is 5.46. The summed E-state index contributed by atoms with van der Waals surface area (Å²) in [6.07, 6.45) is 2.79. The number of aromatic nitrogens is 2. The van der Waals surface area contributed by atoms with Crippen molar-refractivity contribution >= 4 is 23.3 Å². The molecule has 21 heavy (non-hydrogen) atoms. The summed E-state index contributed by atoms with van der Waals surface area (Å²) in [6.45, 7) is 2.66. The second-order valence-corrected chi connectivity index (χ2v) is 4.88. The Labute approximate surface area is 121 Å². The number of nitrogens with one attached hydrogen (secondary N) is 1. The highest BCUT2D eigenvalue weighted by molar-refractivity contribution is 5.94. The number of rotatable bonds is 2. The molecule has 1 atom stereocenters. The maximum absolute atomic E-state index is 12.3. The topological polar surface area (TPSA) is 75.9 Å². The average molecular weight is 288 g/mol. The minimum atomic E-state index is -0.651. The third-order valence-electron chi connectivity index (χ3n) is 3.48. The van der Waals surface area contributed by atoms with E-state index in [0.717, 1.165) is 5.65 Å². The van der Waals surface area contributed by atoms with Gasteiger partial charge in [0.1, 0.15) is 11.5 Å². The van der Waals surface area contributed by atoms with Crippen LogP contribution in [0.5, 0.6) is 0 Å². The molecule has 1 fully saturated rings. The van der Waals surface area contributed by atoms with Crippen molar-refractivity contribution in [3.63, 3.8) is 0 Å². The molecule has 0 radical (unpaired) electrons. The number of hydrogen-bond acceptors (Lipinski definition) is 4. The third-order valence-corrected chi connectivity index (χ3v) is 3.48. The summed E-state index contributed by atoms with van der Waals surface area (Å²) in [4.78, 5) is 29.5. The Morgan fingerprint density at radius 3 is 3.10 bits per heavy atom. The lowest BCUT2D eigenvalue weighted by molar-refractivity contribution is -0.143. The van der Waals surface area contributed by atoms with E-state index in [-0.39, 0.29) is 18.4 Å². The van der Waals surface area contributed by atoms with Crippen LogP contribution in [0.3, 0.4) is 0 Å². The van der Waals surface area contributed by atoms with Gasteiger partial charge >= 0.3 is 0 Å². The summed E-state index contributed by atoms with van der Waals surface area (Å²) in [7, 11) is 0. The van der Waals surface area contributed by atoms with Gasteiger partial charge in [0, 0.05) is 25.9 Å². The van der Waals surface area contributed by atoms with Crippen LogP contribution in [-0.4, -0.2) is 51.9 Å². The number of nitrogens with zero attached hydrogens (tertiary/aromatic N) is 3. The van der Waals surface area contributed by atoms with Crippen molar-refractivity contribution in [1.82, 2.24) is 14.3 Å². The molecule has 1 aliphatic heterocycles. The number of imidazole rings is 1. The predicted molar refractivity (Wildman–Crippen MR) is 75.8 cm³/mol. The lowest BCUT2D eigenvalue weighted by Crippen LogP contribution is -2.49. The fraction of sp³-hybridized carbons (Fsp3) is 0.357. The van der Waals surface area contributed by atoms with Crippen LogP contribution in [-0.2, 0) is 14.3 Å². The van der Waals surface area contributed by atoms with E-state index in [2.05, 4.69) is 10.3 Å². The van der Waals surface area contributed by atoms with Gasteiger partial charge in [0.25, 0.3) is 5.91 Å². The van der Waals surface area contributed by atoms with Crippen molar-refractivity contribution in [3.05, 3.63) is 30.6 Å². The molecule has 1 N–H and O–H groups in total. The molecule has 7 heteroatoms. The van der Waals surface area contributed by atoms with E-state index in [1.165, 1.54) is 6.92 Å². The molecule has 1 aliphatic rings. The van der Waals surface area contributed by atoms with E-state index in [1.54, 1.807) is 27.8 Å². The van der Waals surface area contributed by atoms with Crippen molar-refractivity contribution < 1.29 is 14.3 Å². The highest BCUT2D eigenvalue weighted by Gasteiger charge is 2.28. The van der Waals surface area contributed by atoms with Gasteiger partial charge in [-0.1, -0.05) is 6.07 Å². The summed E-state index contributed by atoms with van der Waals surface area (Å²) in [5.74, 6) is 0.313. The average Bonchev–Trinajstić information content (AvgIpc) is 2.97. The molecule has 110 valence electrons. The molecule has 0 spiro atoms. The molecule has 2 amide bonds. The maximum Gasteiger partial charge on any atom is 0.256 e. The largest absolute Gasteiger partial charge is 0.365 e. The Morgan fingerprint density at radius 1 is 1.43 bits per heavy atom. The molecule has 1 saturated heterocycles. The van der Waals surface area contributed by atoms with Crippen LogP contribution in [0.2, 0.25) is 0 Å². The molecule has 2 aromatic rings. The van der Waals surface area contributed by atoms with E-state index in [1.807, 2.05) is 12.1 Å². The van der Waals surface area contributed by atoms with Crippen molar-refractivity contribution in [2.24, 2.45) is 0 Å². The lowest BCUT2D eigenvalue weighted by atomic mass is 10.2. The highest BCUT2D eigenvalue weighted by atomic mass is 16.5. The van der Waals surface area contributed by atoms with Gasteiger partial charge < -0.3 is 15.0 Å². The summed E-state index contributed by atoms with van der Waals surface area (Å²) < 4.78 is 7.24. The molecule has 0 aromatic carbocycles. The maximum atomic E-state index is 12.3. The fourth-order valence-electron chi connectivity index (χ4n) is 2.35. The number of pyridine rings is 1. The number of amides is 2. The fourth-order valence-corrected chi connectivity index (χ4v) is 2.35. The molecule has 0 saturated carbocycles. The van der Waals surface area contributed by atoms with Gasteiger partial charge in [-0.05, 0) is 12.1 Å². The number of fused-ring (bicyclic) bond motifs is 1. The molecule has 0 bridgehead atoms. The van der Waals surface area contributed by atoms with Crippen molar-refractivity contribution in [3.8, 4) is 0 Å². The van der Waals surface area contributed by atoms with E-state index in [0.29, 0.717) is 19.0 Å². The molecule has 0 aliphatic carbocycles. The number of carbonyl (C=O) groups excluding carboxylic acids is 2. The van der Waals surface area contributed by atoms with Gasteiger partial charge in [0.05, 0.1) is 13.2 Å². The van der Waals surface area contributed by atoms with Crippen LogP contribution >= 0.6 is 0 Å². The Kier molecular flexibility index (Phi) is 3.57. The first-order valence-corrected chi connectivity index (χ1v) is 6.75. The Bertz CT molecular complexity index is 682. The van der Waals surface area contributed by atoms with Gasteiger partial charge in [0.15, 0.2) is 6.10 Å². The van der Waals surface area contributed by atoms with Gasteiger partial charge in [0.2, 0.25) is 5.91 Å². The van der Waals surface area contributed by atoms with E-state index in [4.69, 9.17) is 4.74 Å². The standard InChI is InChI=1S/C14H16N4O3/c1-10(19)17-7-8-21-11(9-17)14(20)16-13-4-2-3-12-15-5-6-18(12)13/h2-6,11H,7-9H2,1H3,(H,16,20). The lowest BCUT2D eigenvalue weighted by Gasteiger charge is -2.31. The van der Waals surface area contributed by atoms with Crippen LogP contribution in [0.4, 0.5) is 5.82 Å². The molecule has 3 rings (SSSR count). The smallest absolute Gasteiger partial charge is 0.256 e. The quantitative estimate of drug-likeness (QED) is 0.874. The second-order valence-electron chi connectivity index (χ2n) is 4.88. The van der Waals surface area contributed by atoms with Crippen molar-refractivity contribution in [2.75, 3.05) is 25.0 Å². The third kappa shape index (κ3) is 2.73. The zero-order valence-electron chi connectivity index (χ0n) is 11.7. The Hall–Kier alpha value is -2.41. The predicted octanol–water partition coefficient (Wildman–Crippen LogP) is 0.520. The summed E-state index contributed by atoms with van der Waals surface area (Å²) in [5, 5.41) is 2.82. The van der Waals surface area contributed by atoms with E-state index >= 15 is 0 Å². The summed E-state index contributed by atoms with van der Waals surface area (Å²) >= 11 is 0. The number of carbonyl (C=O) groups is 2. The molecule has 2 aromatic heterocycles. The SMILES string of the molecule is CC(=O)N1CCOC(C(=O)Nc2cccc3nccn23)C1. The molecular weight excluding hydrogens is 272 g/mol. The number of anilines is 1.